The number of benzene rings is 1. The molecule has 1 heterocycles. The molecule has 3 heteroatoms. The first-order valence-electron chi connectivity index (χ1n) is 5.52. The normalized spacial score (nSPS) is 13.2. The standard InChI is InChI=1S/C9H9NO2.C4H10/c1-6-2-3-8-7(4-6)10-9(11)5-12-8;1-4(2)3/h2-4H,5H2,1H3,(H,10,11);4H,1-3H3. The van der Waals surface area contributed by atoms with Crippen LogP contribution in [0.1, 0.15) is 26.3 Å². The van der Waals surface area contributed by atoms with Gasteiger partial charge in [0, 0.05) is 0 Å². The molecule has 0 bridgehead atoms. The minimum atomic E-state index is -0.0897. The summed E-state index contributed by atoms with van der Waals surface area (Å²) in [5, 5.41) is 2.74. The van der Waals surface area contributed by atoms with Gasteiger partial charge in [-0.15, -0.1) is 0 Å². The van der Waals surface area contributed by atoms with Crippen molar-refractivity contribution in [1.82, 2.24) is 0 Å². The summed E-state index contributed by atoms with van der Waals surface area (Å²) in [4.78, 5) is 10.9. The fraction of sp³-hybridized carbons (Fsp3) is 0.462. The molecular weight excluding hydrogens is 202 g/mol. The third-order valence-corrected chi connectivity index (χ3v) is 1.77. The number of fused-ring (bicyclic) bond motifs is 1. The molecule has 0 aliphatic carbocycles. The summed E-state index contributed by atoms with van der Waals surface area (Å²) in [6.45, 7) is 8.59. The highest BCUT2D eigenvalue weighted by Gasteiger charge is 2.14. The monoisotopic (exact) mass is 221 g/mol. The molecule has 1 N–H and O–H groups in total. The second-order valence-electron chi connectivity index (χ2n) is 4.57. The Morgan fingerprint density at radius 2 is 1.94 bits per heavy atom. The van der Waals surface area contributed by atoms with Crippen molar-refractivity contribution in [2.45, 2.75) is 27.7 Å². The minimum absolute atomic E-state index is 0.0897. The molecule has 0 fully saturated rings. The van der Waals surface area contributed by atoms with Crippen LogP contribution in [0.15, 0.2) is 18.2 Å². The van der Waals surface area contributed by atoms with Gasteiger partial charge < -0.3 is 10.1 Å². The molecule has 2 rings (SSSR count). The molecule has 0 aromatic heterocycles. The van der Waals surface area contributed by atoms with Crippen LogP contribution in [0.2, 0.25) is 0 Å². The van der Waals surface area contributed by atoms with Crippen LogP contribution in [0, 0.1) is 12.8 Å². The van der Waals surface area contributed by atoms with Crippen molar-refractivity contribution in [3.63, 3.8) is 0 Å². The predicted molar refractivity (Wildman–Crippen MR) is 65.8 cm³/mol. The molecular formula is C13H19NO2. The van der Waals surface area contributed by atoms with Crippen molar-refractivity contribution in [3.05, 3.63) is 23.8 Å². The van der Waals surface area contributed by atoms with Crippen LogP contribution < -0.4 is 10.1 Å². The largest absolute Gasteiger partial charge is 0.482 e. The first-order valence-corrected chi connectivity index (χ1v) is 5.52. The van der Waals surface area contributed by atoms with E-state index in [0.717, 1.165) is 22.9 Å². The van der Waals surface area contributed by atoms with Crippen LogP contribution in [0.3, 0.4) is 0 Å². The van der Waals surface area contributed by atoms with Gasteiger partial charge in [0.05, 0.1) is 5.69 Å². The molecule has 0 unspecified atom stereocenters. The fourth-order valence-electron chi connectivity index (χ4n) is 1.20. The molecule has 0 saturated heterocycles. The lowest BCUT2D eigenvalue weighted by molar-refractivity contribution is -0.118. The molecule has 0 spiro atoms. The zero-order valence-electron chi connectivity index (χ0n) is 10.3. The van der Waals surface area contributed by atoms with Crippen LogP contribution >= 0.6 is 0 Å². The molecule has 1 aromatic rings. The van der Waals surface area contributed by atoms with Gasteiger partial charge in [-0.25, -0.2) is 0 Å². The SMILES string of the molecule is CC(C)C.Cc1ccc2c(c1)NC(=O)CO2. The Balaban J connectivity index is 0.000000280. The summed E-state index contributed by atoms with van der Waals surface area (Å²) in [6, 6.07) is 5.72. The van der Waals surface area contributed by atoms with Crippen molar-refractivity contribution in [2.75, 3.05) is 11.9 Å². The van der Waals surface area contributed by atoms with E-state index in [9.17, 15) is 4.79 Å². The number of hydrogen-bond acceptors (Lipinski definition) is 2. The van der Waals surface area contributed by atoms with E-state index in [-0.39, 0.29) is 12.5 Å². The van der Waals surface area contributed by atoms with Gasteiger partial charge in [0.1, 0.15) is 5.75 Å². The molecule has 1 amide bonds. The van der Waals surface area contributed by atoms with Gasteiger partial charge in [-0.05, 0) is 30.5 Å². The van der Waals surface area contributed by atoms with Crippen LogP contribution in [0.5, 0.6) is 5.75 Å². The van der Waals surface area contributed by atoms with E-state index in [1.54, 1.807) is 0 Å². The van der Waals surface area contributed by atoms with Gasteiger partial charge in [-0.1, -0.05) is 26.8 Å². The highest BCUT2D eigenvalue weighted by atomic mass is 16.5. The number of aryl methyl sites for hydroxylation is 1. The fourth-order valence-corrected chi connectivity index (χ4v) is 1.20. The number of carbonyl (C=O) groups is 1. The highest BCUT2D eigenvalue weighted by Crippen LogP contribution is 2.27. The van der Waals surface area contributed by atoms with Gasteiger partial charge in [0.25, 0.3) is 5.91 Å². The van der Waals surface area contributed by atoms with Crippen LogP contribution in [-0.4, -0.2) is 12.5 Å². The van der Waals surface area contributed by atoms with E-state index >= 15 is 0 Å². The molecule has 0 atom stereocenters. The molecule has 16 heavy (non-hydrogen) atoms. The van der Waals surface area contributed by atoms with Crippen molar-refractivity contribution < 1.29 is 9.53 Å². The maximum atomic E-state index is 10.9. The number of hydrogen-bond donors (Lipinski definition) is 1. The number of nitrogens with one attached hydrogen (secondary N) is 1. The lowest BCUT2D eigenvalue weighted by atomic mass is 10.2. The topological polar surface area (TPSA) is 38.3 Å². The van der Waals surface area contributed by atoms with Crippen molar-refractivity contribution in [2.24, 2.45) is 5.92 Å². The Hall–Kier alpha value is -1.51. The highest BCUT2D eigenvalue weighted by molar-refractivity contribution is 5.95. The van der Waals surface area contributed by atoms with Gasteiger partial charge in [-0.3, -0.25) is 4.79 Å². The summed E-state index contributed by atoms with van der Waals surface area (Å²) < 4.78 is 5.18. The van der Waals surface area contributed by atoms with E-state index in [0.29, 0.717) is 0 Å². The molecule has 1 aromatic carbocycles. The number of carbonyl (C=O) groups excluding carboxylic acids is 1. The van der Waals surface area contributed by atoms with E-state index in [4.69, 9.17) is 4.74 Å². The number of ether oxygens (including phenoxy) is 1. The maximum Gasteiger partial charge on any atom is 0.262 e. The molecule has 1 aliphatic heterocycles. The van der Waals surface area contributed by atoms with Crippen molar-refractivity contribution in [3.8, 4) is 5.75 Å². The van der Waals surface area contributed by atoms with Crippen molar-refractivity contribution in [1.29, 1.82) is 0 Å². The second-order valence-corrected chi connectivity index (χ2v) is 4.57. The summed E-state index contributed by atoms with van der Waals surface area (Å²) in [6.07, 6.45) is 0. The molecule has 1 aliphatic rings. The van der Waals surface area contributed by atoms with E-state index < -0.39 is 0 Å². The van der Waals surface area contributed by atoms with Gasteiger partial charge in [0.2, 0.25) is 0 Å². The zero-order valence-corrected chi connectivity index (χ0v) is 10.3. The Bertz CT molecular complexity index is 369. The average Bonchev–Trinajstić information content (AvgIpc) is 2.15. The van der Waals surface area contributed by atoms with Gasteiger partial charge >= 0.3 is 0 Å². The third kappa shape index (κ3) is 3.93. The summed E-state index contributed by atoms with van der Waals surface area (Å²) in [7, 11) is 0. The van der Waals surface area contributed by atoms with Crippen LogP contribution in [0.4, 0.5) is 5.69 Å². The Labute approximate surface area is 96.8 Å². The lowest BCUT2D eigenvalue weighted by Crippen LogP contribution is -2.25. The van der Waals surface area contributed by atoms with Crippen LogP contribution in [0.25, 0.3) is 0 Å². The maximum absolute atomic E-state index is 10.9. The predicted octanol–water partition coefficient (Wildman–Crippen LogP) is 2.99. The van der Waals surface area contributed by atoms with E-state index in [1.165, 1.54) is 0 Å². The molecule has 0 radical (unpaired) electrons. The zero-order chi connectivity index (χ0) is 12.1. The van der Waals surface area contributed by atoms with Gasteiger partial charge in [-0.2, -0.15) is 0 Å². The van der Waals surface area contributed by atoms with E-state index in [2.05, 4.69) is 26.1 Å². The van der Waals surface area contributed by atoms with Gasteiger partial charge in [0.15, 0.2) is 6.61 Å². The minimum Gasteiger partial charge on any atom is -0.482 e. The number of amides is 1. The Morgan fingerprint density at radius 3 is 2.56 bits per heavy atom. The summed E-state index contributed by atoms with van der Waals surface area (Å²) in [5.41, 5.74) is 1.88. The second kappa shape index (κ2) is 5.54. The number of anilines is 1. The van der Waals surface area contributed by atoms with Crippen LogP contribution in [-0.2, 0) is 4.79 Å². The first-order chi connectivity index (χ1) is 7.49. The molecule has 3 nitrogen and oxygen atoms in total. The molecule has 88 valence electrons. The quantitative estimate of drug-likeness (QED) is 0.731. The summed E-state index contributed by atoms with van der Waals surface area (Å²) >= 11 is 0. The van der Waals surface area contributed by atoms with E-state index in [1.807, 2.05) is 25.1 Å². The third-order valence-electron chi connectivity index (χ3n) is 1.77. The smallest absolute Gasteiger partial charge is 0.262 e. The van der Waals surface area contributed by atoms with Crippen molar-refractivity contribution >= 4 is 11.6 Å². The number of rotatable bonds is 0. The molecule has 0 saturated carbocycles. The average molecular weight is 221 g/mol. The Kier molecular flexibility index (Phi) is 4.35. The lowest BCUT2D eigenvalue weighted by Gasteiger charge is -2.17. The summed E-state index contributed by atoms with van der Waals surface area (Å²) in [5.74, 6) is 1.49. The first kappa shape index (κ1) is 12.6. The Morgan fingerprint density at radius 1 is 1.31 bits per heavy atom.